The molecule has 3 aromatic heterocycles. The minimum atomic E-state index is -0.0597. The van der Waals surface area contributed by atoms with Crippen LogP contribution in [0.5, 0.6) is 5.88 Å². The zero-order valence-electron chi connectivity index (χ0n) is 19.9. The summed E-state index contributed by atoms with van der Waals surface area (Å²) in [5.74, 6) is 0.419. The number of ether oxygens (including phenoxy) is 1. The fraction of sp³-hybridized carbons (Fsp3) is 0.296. The number of carbonyl (C=O) groups is 1. The van der Waals surface area contributed by atoms with Crippen LogP contribution in [0.25, 0.3) is 16.9 Å². The van der Waals surface area contributed by atoms with Gasteiger partial charge in [0.25, 0.3) is 5.91 Å². The minimum Gasteiger partial charge on any atom is -0.475 e. The van der Waals surface area contributed by atoms with E-state index in [1.165, 1.54) is 0 Å². The molecule has 1 amide bonds. The molecule has 180 valence electrons. The summed E-state index contributed by atoms with van der Waals surface area (Å²) < 4.78 is 7.80. The molecule has 8 heteroatoms. The first kappa shape index (κ1) is 23.3. The Hall–Kier alpha value is -3.42. The van der Waals surface area contributed by atoms with Gasteiger partial charge in [-0.2, -0.15) is 0 Å². The van der Waals surface area contributed by atoms with Gasteiger partial charge in [0.2, 0.25) is 5.88 Å². The normalized spacial score (nSPS) is 14.6. The average molecular weight is 490 g/mol. The summed E-state index contributed by atoms with van der Waals surface area (Å²) in [6.45, 7) is 7.45. The second-order valence-corrected chi connectivity index (χ2v) is 9.38. The van der Waals surface area contributed by atoms with Crippen LogP contribution in [-0.2, 0) is 6.54 Å². The number of hydrogen-bond acceptors (Lipinski definition) is 5. The SMILES string of the molecule is CC(C)Oc1cccc(C(=O)N2CCN(Cc3c(-c4ccc(Cl)cc4)nc4ccccn34)CC2)n1. The molecule has 1 saturated heterocycles. The highest BCUT2D eigenvalue weighted by Crippen LogP contribution is 2.27. The van der Waals surface area contributed by atoms with Crippen molar-refractivity contribution in [3.05, 3.63) is 83.3 Å². The van der Waals surface area contributed by atoms with E-state index in [4.69, 9.17) is 21.3 Å². The highest BCUT2D eigenvalue weighted by molar-refractivity contribution is 6.30. The van der Waals surface area contributed by atoms with Crippen molar-refractivity contribution in [1.82, 2.24) is 24.2 Å². The molecule has 0 atom stereocenters. The van der Waals surface area contributed by atoms with Gasteiger partial charge in [-0.1, -0.05) is 35.9 Å². The van der Waals surface area contributed by atoms with Crippen molar-refractivity contribution in [2.75, 3.05) is 26.2 Å². The molecule has 1 aromatic carbocycles. The largest absolute Gasteiger partial charge is 0.475 e. The first-order valence-electron chi connectivity index (χ1n) is 11.8. The van der Waals surface area contributed by atoms with Crippen molar-refractivity contribution in [3.63, 3.8) is 0 Å². The molecule has 1 fully saturated rings. The van der Waals surface area contributed by atoms with Gasteiger partial charge in [0, 0.05) is 55.6 Å². The van der Waals surface area contributed by atoms with Gasteiger partial charge in [-0.15, -0.1) is 0 Å². The predicted molar refractivity (Wildman–Crippen MR) is 137 cm³/mol. The van der Waals surface area contributed by atoms with Crippen LogP contribution in [0, 0.1) is 0 Å². The van der Waals surface area contributed by atoms with Crippen molar-refractivity contribution in [1.29, 1.82) is 0 Å². The fourth-order valence-corrected chi connectivity index (χ4v) is 4.49. The zero-order chi connectivity index (χ0) is 24.4. The van der Waals surface area contributed by atoms with Crippen molar-refractivity contribution < 1.29 is 9.53 Å². The van der Waals surface area contributed by atoms with Crippen LogP contribution >= 0.6 is 11.6 Å². The first-order chi connectivity index (χ1) is 17.0. The topological polar surface area (TPSA) is 63.0 Å². The lowest BCUT2D eigenvalue weighted by molar-refractivity contribution is 0.0619. The monoisotopic (exact) mass is 489 g/mol. The molecule has 1 aliphatic rings. The van der Waals surface area contributed by atoms with Crippen LogP contribution in [-0.4, -0.2) is 62.4 Å². The molecule has 4 heterocycles. The Kier molecular flexibility index (Phi) is 6.70. The Labute approximate surface area is 209 Å². The third-order valence-electron chi connectivity index (χ3n) is 6.08. The number of amides is 1. The van der Waals surface area contributed by atoms with E-state index in [1.54, 1.807) is 12.1 Å². The lowest BCUT2D eigenvalue weighted by atomic mass is 10.1. The van der Waals surface area contributed by atoms with Crippen molar-refractivity contribution in [3.8, 4) is 17.1 Å². The fourth-order valence-electron chi connectivity index (χ4n) is 4.36. The van der Waals surface area contributed by atoms with E-state index >= 15 is 0 Å². The maximum atomic E-state index is 13.1. The summed E-state index contributed by atoms with van der Waals surface area (Å²) >= 11 is 6.11. The van der Waals surface area contributed by atoms with Gasteiger partial charge in [-0.05, 0) is 44.2 Å². The third kappa shape index (κ3) is 5.16. The molecule has 5 rings (SSSR count). The van der Waals surface area contributed by atoms with Crippen molar-refractivity contribution in [2.24, 2.45) is 0 Å². The smallest absolute Gasteiger partial charge is 0.272 e. The molecule has 0 bridgehead atoms. The first-order valence-corrected chi connectivity index (χ1v) is 12.2. The van der Waals surface area contributed by atoms with Crippen LogP contribution in [0.4, 0.5) is 0 Å². The molecular formula is C27H28ClN5O2. The Morgan fingerprint density at radius 3 is 2.49 bits per heavy atom. The quantitative estimate of drug-likeness (QED) is 0.389. The summed E-state index contributed by atoms with van der Waals surface area (Å²) in [7, 11) is 0. The molecule has 0 aliphatic carbocycles. The summed E-state index contributed by atoms with van der Waals surface area (Å²) in [5, 5.41) is 0.704. The number of fused-ring (bicyclic) bond motifs is 1. The molecule has 0 N–H and O–H groups in total. The van der Waals surface area contributed by atoms with Gasteiger partial charge >= 0.3 is 0 Å². The van der Waals surface area contributed by atoms with Gasteiger partial charge in [-0.3, -0.25) is 9.69 Å². The second kappa shape index (κ2) is 10.1. The molecular weight excluding hydrogens is 462 g/mol. The van der Waals surface area contributed by atoms with Crippen LogP contribution in [0.1, 0.15) is 30.0 Å². The molecule has 0 spiro atoms. The number of rotatable bonds is 6. The Balaban J connectivity index is 1.30. The van der Waals surface area contributed by atoms with E-state index in [1.807, 2.05) is 67.3 Å². The average Bonchev–Trinajstić information content (AvgIpc) is 3.22. The number of hydrogen-bond donors (Lipinski definition) is 0. The highest BCUT2D eigenvalue weighted by atomic mass is 35.5. The molecule has 0 saturated carbocycles. The van der Waals surface area contributed by atoms with Gasteiger partial charge in [0.1, 0.15) is 11.3 Å². The number of aromatic nitrogens is 3. The number of imidazole rings is 1. The van der Waals surface area contributed by atoms with Gasteiger partial charge in [0.05, 0.1) is 17.5 Å². The van der Waals surface area contributed by atoms with Crippen LogP contribution in [0.15, 0.2) is 66.9 Å². The highest BCUT2D eigenvalue weighted by Gasteiger charge is 2.25. The number of carbonyl (C=O) groups excluding carboxylic acids is 1. The van der Waals surface area contributed by atoms with Gasteiger partial charge in [-0.25, -0.2) is 9.97 Å². The van der Waals surface area contributed by atoms with Crippen molar-refractivity contribution in [2.45, 2.75) is 26.5 Å². The summed E-state index contributed by atoms with van der Waals surface area (Å²) in [6.07, 6.45) is 2.06. The van der Waals surface area contributed by atoms with E-state index in [9.17, 15) is 4.79 Å². The maximum absolute atomic E-state index is 13.1. The number of benzene rings is 1. The Bertz CT molecular complexity index is 1330. The number of piperazine rings is 1. The Morgan fingerprint density at radius 1 is 0.971 bits per heavy atom. The standard InChI is InChI=1S/C27H28ClN5O2/c1-19(2)35-25-8-5-6-22(29-25)27(34)32-16-14-31(15-17-32)18-23-26(20-9-11-21(28)12-10-20)30-24-7-3-4-13-33(23)24/h3-13,19H,14-18H2,1-2H3. The summed E-state index contributed by atoms with van der Waals surface area (Å²) in [4.78, 5) is 26.6. The van der Waals surface area contributed by atoms with Crippen molar-refractivity contribution >= 4 is 23.2 Å². The van der Waals surface area contributed by atoms with E-state index in [0.29, 0.717) is 29.7 Å². The summed E-state index contributed by atoms with van der Waals surface area (Å²) in [6, 6.07) is 19.2. The predicted octanol–water partition coefficient (Wildman–Crippen LogP) is 4.79. The number of pyridine rings is 2. The molecule has 7 nitrogen and oxygen atoms in total. The molecule has 1 aliphatic heterocycles. The Morgan fingerprint density at radius 2 is 1.74 bits per heavy atom. The van der Waals surface area contributed by atoms with Crippen LogP contribution in [0.2, 0.25) is 5.02 Å². The number of nitrogens with zero attached hydrogens (tertiary/aromatic N) is 5. The van der Waals surface area contributed by atoms with Crippen LogP contribution < -0.4 is 4.74 Å². The second-order valence-electron chi connectivity index (χ2n) is 8.94. The molecule has 0 unspecified atom stereocenters. The number of halogens is 1. The van der Waals surface area contributed by atoms with Crippen LogP contribution in [0.3, 0.4) is 0 Å². The van der Waals surface area contributed by atoms with E-state index in [0.717, 1.165) is 42.2 Å². The van der Waals surface area contributed by atoms with E-state index in [2.05, 4.69) is 20.5 Å². The maximum Gasteiger partial charge on any atom is 0.272 e. The third-order valence-corrected chi connectivity index (χ3v) is 6.33. The van der Waals surface area contributed by atoms with E-state index < -0.39 is 0 Å². The van der Waals surface area contributed by atoms with Gasteiger partial charge < -0.3 is 14.0 Å². The van der Waals surface area contributed by atoms with Gasteiger partial charge in [0.15, 0.2) is 0 Å². The lowest BCUT2D eigenvalue weighted by Crippen LogP contribution is -2.48. The zero-order valence-corrected chi connectivity index (χ0v) is 20.7. The lowest BCUT2D eigenvalue weighted by Gasteiger charge is -2.34. The molecule has 0 radical (unpaired) electrons. The minimum absolute atomic E-state index is 0.00814. The molecule has 35 heavy (non-hydrogen) atoms. The molecule has 4 aromatic rings. The summed E-state index contributed by atoms with van der Waals surface area (Å²) in [5.41, 5.74) is 4.45. The van der Waals surface area contributed by atoms with E-state index in [-0.39, 0.29) is 12.0 Å².